The molecule has 6 heteroatoms. The van der Waals surface area contributed by atoms with Crippen LogP contribution in [0.25, 0.3) is 0 Å². The van der Waals surface area contributed by atoms with Gasteiger partial charge in [0.15, 0.2) is 5.41 Å². The maximum atomic E-state index is 9.85. The van der Waals surface area contributed by atoms with Crippen molar-refractivity contribution in [2.24, 2.45) is 27.5 Å². The number of ether oxygens (including phenoxy) is 2. The van der Waals surface area contributed by atoms with Crippen LogP contribution in [0.2, 0.25) is 0 Å². The molecule has 1 fully saturated rings. The third-order valence-electron chi connectivity index (χ3n) is 4.63. The van der Waals surface area contributed by atoms with Crippen molar-refractivity contribution in [1.82, 2.24) is 0 Å². The minimum Gasteiger partial charge on any atom is -0.386 e. The summed E-state index contributed by atoms with van der Waals surface area (Å²) in [5, 5.41) is 19.5. The number of unbranched alkanes of at least 4 members (excludes halogenated alkanes) is 1. The highest BCUT2D eigenvalue weighted by Crippen LogP contribution is 2.79. The van der Waals surface area contributed by atoms with Gasteiger partial charge in [0.1, 0.15) is 11.3 Å². The Hall–Kier alpha value is -1.63. The molecule has 2 rings (SSSR count). The predicted octanol–water partition coefficient (Wildman–Crippen LogP) is 1.92. The summed E-state index contributed by atoms with van der Waals surface area (Å²) < 4.78 is 11.4. The zero-order valence-electron chi connectivity index (χ0n) is 12.8. The molecule has 1 aliphatic carbocycles. The van der Waals surface area contributed by atoms with Crippen molar-refractivity contribution < 1.29 is 9.47 Å². The molecule has 3 atom stereocenters. The highest BCUT2D eigenvalue weighted by atomic mass is 16.7. The van der Waals surface area contributed by atoms with Crippen LogP contribution in [0.4, 0.5) is 0 Å². The summed E-state index contributed by atoms with van der Waals surface area (Å²) in [4.78, 5) is 4.28. The van der Waals surface area contributed by atoms with E-state index in [9.17, 15) is 10.5 Å². The van der Waals surface area contributed by atoms with E-state index in [2.05, 4.69) is 24.1 Å². The largest absolute Gasteiger partial charge is 0.386 e. The highest BCUT2D eigenvalue weighted by Gasteiger charge is 2.92. The Labute approximate surface area is 125 Å². The van der Waals surface area contributed by atoms with Crippen molar-refractivity contribution in [3.05, 3.63) is 0 Å². The van der Waals surface area contributed by atoms with Gasteiger partial charge in [0.25, 0.3) is 5.91 Å². The topological polar surface area (TPSA) is 104 Å². The Bertz CT molecular complexity index is 527. The summed E-state index contributed by atoms with van der Waals surface area (Å²) in [6, 6.07) is 4.54. The van der Waals surface area contributed by atoms with Gasteiger partial charge in [0, 0.05) is 19.1 Å². The average Bonchev–Trinajstić information content (AvgIpc) is 3.02. The van der Waals surface area contributed by atoms with Crippen molar-refractivity contribution in [3.63, 3.8) is 0 Å². The number of fused-ring (bicyclic) bond motifs is 1. The standard InChI is InChI=1S/C15H22N4O2/c1-4-7-8-11-13(9-16)12(18)19-15(20-5-2,21-6-3)14(11,13)10-17/h11H,4-8H2,1-3H3,(H2,18,19)/t11-,13+,14+/m0/s1. The molecule has 0 unspecified atom stereocenters. The van der Waals surface area contributed by atoms with Crippen LogP contribution in [0.3, 0.4) is 0 Å². The van der Waals surface area contributed by atoms with Crippen molar-refractivity contribution in [2.45, 2.75) is 45.9 Å². The summed E-state index contributed by atoms with van der Waals surface area (Å²) in [6.45, 7) is 6.37. The zero-order valence-corrected chi connectivity index (χ0v) is 12.8. The fourth-order valence-electron chi connectivity index (χ4n) is 3.76. The number of nitriles is 2. The lowest BCUT2D eigenvalue weighted by Gasteiger charge is -2.31. The summed E-state index contributed by atoms with van der Waals surface area (Å²) in [5.41, 5.74) is 3.85. The number of hydrogen-bond donors (Lipinski definition) is 1. The molecule has 0 aromatic rings. The molecular formula is C15H22N4O2. The molecule has 0 aromatic heterocycles. The summed E-state index contributed by atoms with van der Waals surface area (Å²) >= 11 is 0. The van der Waals surface area contributed by atoms with E-state index in [-0.39, 0.29) is 11.8 Å². The molecule has 0 saturated heterocycles. The molecule has 0 spiro atoms. The van der Waals surface area contributed by atoms with Gasteiger partial charge < -0.3 is 15.2 Å². The fraction of sp³-hybridized carbons (Fsp3) is 0.800. The lowest BCUT2D eigenvalue weighted by atomic mass is 9.93. The highest BCUT2D eigenvalue weighted by molar-refractivity contribution is 5.98. The first-order valence-corrected chi connectivity index (χ1v) is 7.53. The van der Waals surface area contributed by atoms with Crippen LogP contribution < -0.4 is 5.73 Å². The maximum absolute atomic E-state index is 9.85. The van der Waals surface area contributed by atoms with Gasteiger partial charge in [0.05, 0.1) is 12.1 Å². The molecule has 1 aliphatic heterocycles. The van der Waals surface area contributed by atoms with E-state index < -0.39 is 16.7 Å². The number of nitrogens with two attached hydrogens (primary N) is 1. The van der Waals surface area contributed by atoms with E-state index in [4.69, 9.17) is 15.2 Å². The van der Waals surface area contributed by atoms with Crippen LogP contribution >= 0.6 is 0 Å². The molecule has 114 valence electrons. The molecular weight excluding hydrogens is 268 g/mol. The van der Waals surface area contributed by atoms with Crippen LogP contribution in [0, 0.1) is 39.4 Å². The van der Waals surface area contributed by atoms with Crippen molar-refractivity contribution in [1.29, 1.82) is 10.5 Å². The van der Waals surface area contributed by atoms with E-state index in [1.165, 1.54) is 0 Å². The Morgan fingerprint density at radius 2 is 1.81 bits per heavy atom. The second kappa shape index (κ2) is 5.29. The first kappa shape index (κ1) is 15.8. The smallest absolute Gasteiger partial charge is 0.293 e. The molecule has 1 heterocycles. The van der Waals surface area contributed by atoms with Crippen LogP contribution in [-0.2, 0) is 9.47 Å². The van der Waals surface area contributed by atoms with Gasteiger partial charge in [-0.3, -0.25) is 0 Å². The molecule has 2 aliphatic rings. The van der Waals surface area contributed by atoms with E-state index in [1.807, 2.05) is 13.8 Å². The molecule has 6 nitrogen and oxygen atoms in total. The van der Waals surface area contributed by atoms with E-state index in [0.29, 0.717) is 13.2 Å². The first-order chi connectivity index (χ1) is 10.1. The number of nitrogens with zero attached hydrogens (tertiary/aromatic N) is 3. The second-order valence-electron chi connectivity index (χ2n) is 5.48. The lowest BCUT2D eigenvalue weighted by molar-refractivity contribution is -0.257. The Morgan fingerprint density at radius 1 is 1.19 bits per heavy atom. The van der Waals surface area contributed by atoms with Gasteiger partial charge in [-0.25, -0.2) is 4.99 Å². The Morgan fingerprint density at radius 3 is 2.24 bits per heavy atom. The van der Waals surface area contributed by atoms with Gasteiger partial charge in [-0.05, 0) is 20.3 Å². The van der Waals surface area contributed by atoms with E-state index in [0.717, 1.165) is 19.3 Å². The summed E-state index contributed by atoms with van der Waals surface area (Å²) in [7, 11) is 0. The maximum Gasteiger partial charge on any atom is 0.293 e. The number of amidine groups is 1. The third-order valence-corrected chi connectivity index (χ3v) is 4.63. The first-order valence-electron chi connectivity index (χ1n) is 7.53. The van der Waals surface area contributed by atoms with Gasteiger partial charge in [0.2, 0.25) is 0 Å². The average molecular weight is 290 g/mol. The third kappa shape index (κ3) is 1.61. The van der Waals surface area contributed by atoms with Crippen molar-refractivity contribution in [3.8, 4) is 12.1 Å². The fourth-order valence-corrected chi connectivity index (χ4v) is 3.76. The summed E-state index contributed by atoms with van der Waals surface area (Å²) in [6.07, 6.45) is 2.67. The predicted molar refractivity (Wildman–Crippen MR) is 76.7 cm³/mol. The molecule has 1 saturated carbocycles. The normalized spacial score (nSPS) is 35.5. The molecule has 0 bridgehead atoms. The van der Waals surface area contributed by atoms with Crippen molar-refractivity contribution >= 4 is 5.84 Å². The Balaban J connectivity index is 2.51. The van der Waals surface area contributed by atoms with Gasteiger partial charge in [-0.15, -0.1) is 0 Å². The summed E-state index contributed by atoms with van der Waals surface area (Å²) in [5.74, 6) is -1.45. The number of rotatable bonds is 7. The monoisotopic (exact) mass is 290 g/mol. The molecule has 21 heavy (non-hydrogen) atoms. The van der Waals surface area contributed by atoms with Gasteiger partial charge in [-0.1, -0.05) is 19.8 Å². The van der Waals surface area contributed by atoms with E-state index >= 15 is 0 Å². The zero-order chi connectivity index (χ0) is 15.7. The van der Waals surface area contributed by atoms with Crippen LogP contribution in [0.1, 0.15) is 40.0 Å². The molecule has 0 amide bonds. The van der Waals surface area contributed by atoms with Gasteiger partial charge >= 0.3 is 0 Å². The number of hydrogen-bond acceptors (Lipinski definition) is 6. The van der Waals surface area contributed by atoms with Crippen LogP contribution in [0.15, 0.2) is 4.99 Å². The van der Waals surface area contributed by atoms with Crippen LogP contribution in [-0.4, -0.2) is 25.0 Å². The number of aliphatic imine (C=N–C) groups is 1. The van der Waals surface area contributed by atoms with E-state index in [1.54, 1.807) is 0 Å². The Kier molecular flexibility index (Phi) is 3.97. The SMILES string of the molecule is CCCC[C@H]1[C@]2(C#N)C(N)=NC(OCC)(OCC)[C@]12C#N. The van der Waals surface area contributed by atoms with Gasteiger partial charge in [-0.2, -0.15) is 10.5 Å². The molecule has 0 radical (unpaired) electrons. The minimum atomic E-state index is -1.44. The lowest BCUT2D eigenvalue weighted by Crippen LogP contribution is -2.43. The minimum absolute atomic E-state index is 0.176. The molecule has 2 N–H and O–H groups in total. The van der Waals surface area contributed by atoms with Crippen LogP contribution in [0.5, 0.6) is 0 Å². The second-order valence-corrected chi connectivity index (χ2v) is 5.48. The van der Waals surface area contributed by atoms with Crippen molar-refractivity contribution in [2.75, 3.05) is 13.2 Å². The molecule has 0 aromatic carbocycles. The quantitative estimate of drug-likeness (QED) is 0.721.